The van der Waals surface area contributed by atoms with Crippen LogP contribution < -0.4 is 17.0 Å². The molecule has 0 bridgehead atoms. The van der Waals surface area contributed by atoms with Gasteiger partial charge >= 0.3 is 0 Å². The van der Waals surface area contributed by atoms with Crippen LogP contribution in [0.3, 0.4) is 0 Å². The summed E-state index contributed by atoms with van der Waals surface area (Å²) >= 11 is 0. The molecular weight excluding hydrogens is 344 g/mol. The van der Waals surface area contributed by atoms with Crippen molar-refractivity contribution in [3.8, 4) is 11.4 Å². The van der Waals surface area contributed by atoms with Gasteiger partial charge in [0.1, 0.15) is 17.1 Å². The second-order valence-corrected chi connectivity index (χ2v) is 7.31. The average Bonchev–Trinajstić information content (AvgIpc) is 3.40. The molecule has 1 amide bonds. The molecule has 7 heteroatoms. The molecule has 2 aromatic heterocycles. The largest absolute Gasteiger partial charge is 0.508 e. The van der Waals surface area contributed by atoms with Crippen molar-refractivity contribution in [3.63, 3.8) is 0 Å². The first kappa shape index (κ1) is 17.2. The standard InChI is InChI=1S/C20H22N4O3/c1-9-4-7-14(25)10(2)16(9)24-17-12(15(18(24)21)19(22)26)8-13(11-5-6-11)23(3)20(17)27/h4,7-8,11,25H,5-6,21H2,1-3H3,(H2,22,26). The molecule has 0 unspecified atom stereocenters. The highest BCUT2D eigenvalue weighted by Gasteiger charge is 2.30. The van der Waals surface area contributed by atoms with Gasteiger partial charge in [0.25, 0.3) is 11.5 Å². The maximum Gasteiger partial charge on any atom is 0.275 e. The predicted octanol–water partition coefficient (Wildman–Crippen LogP) is 2.21. The summed E-state index contributed by atoms with van der Waals surface area (Å²) in [6.07, 6.45) is 2.04. The van der Waals surface area contributed by atoms with Crippen molar-refractivity contribution < 1.29 is 9.90 Å². The number of phenolic OH excluding ortho intramolecular Hbond substituents is 1. The number of carbonyl (C=O) groups is 1. The van der Waals surface area contributed by atoms with E-state index in [9.17, 15) is 14.7 Å². The molecule has 1 aliphatic carbocycles. The van der Waals surface area contributed by atoms with Crippen molar-refractivity contribution in [2.24, 2.45) is 12.8 Å². The summed E-state index contributed by atoms with van der Waals surface area (Å²) in [6.45, 7) is 3.61. The number of hydrogen-bond acceptors (Lipinski definition) is 4. The van der Waals surface area contributed by atoms with Gasteiger partial charge in [-0.15, -0.1) is 0 Å². The fourth-order valence-electron chi connectivity index (χ4n) is 3.91. The summed E-state index contributed by atoms with van der Waals surface area (Å²) in [4.78, 5) is 25.4. The molecule has 0 aliphatic heterocycles. The molecule has 1 aromatic carbocycles. The first-order valence-corrected chi connectivity index (χ1v) is 8.87. The third-order valence-electron chi connectivity index (χ3n) is 5.50. The number of carbonyl (C=O) groups excluding carboxylic acids is 1. The second kappa shape index (κ2) is 5.64. The zero-order valence-corrected chi connectivity index (χ0v) is 15.5. The molecule has 7 nitrogen and oxygen atoms in total. The van der Waals surface area contributed by atoms with Crippen molar-refractivity contribution in [1.82, 2.24) is 9.13 Å². The number of nitrogen functional groups attached to an aromatic ring is 1. The van der Waals surface area contributed by atoms with Crippen molar-refractivity contribution in [2.75, 3.05) is 5.73 Å². The number of benzene rings is 1. The minimum atomic E-state index is -0.679. The molecule has 27 heavy (non-hydrogen) atoms. The zero-order chi connectivity index (χ0) is 19.6. The van der Waals surface area contributed by atoms with Crippen LogP contribution in [0.1, 0.15) is 45.9 Å². The molecule has 1 saturated carbocycles. The number of hydrogen-bond donors (Lipinski definition) is 3. The highest BCUT2D eigenvalue weighted by atomic mass is 16.3. The number of nitrogens with zero attached hydrogens (tertiary/aromatic N) is 2. The van der Waals surface area contributed by atoms with E-state index in [4.69, 9.17) is 11.5 Å². The molecule has 5 N–H and O–H groups in total. The average molecular weight is 366 g/mol. The number of nitrogens with two attached hydrogens (primary N) is 2. The lowest BCUT2D eigenvalue weighted by molar-refractivity contribution is 0.100. The van der Waals surface area contributed by atoms with E-state index in [1.165, 1.54) is 0 Å². The minimum Gasteiger partial charge on any atom is -0.508 e. The number of aromatic nitrogens is 2. The van der Waals surface area contributed by atoms with Gasteiger partial charge in [-0.1, -0.05) is 6.07 Å². The van der Waals surface area contributed by atoms with Gasteiger partial charge in [0.05, 0.1) is 11.3 Å². The van der Waals surface area contributed by atoms with Gasteiger partial charge in [-0.3, -0.25) is 14.2 Å². The Hall–Kier alpha value is -3.22. The first-order valence-electron chi connectivity index (χ1n) is 8.87. The van der Waals surface area contributed by atoms with Crippen LogP contribution in [-0.2, 0) is 7.05 Å². The third-order valence-corrected chi connectivity index (χ3v) is 5.50. The van der Waals surface area contributed by atoms with Gasteiger partial charge in [0, 0.05) is 23.7 Å². The number of pyridine rings is 1. The molecule has 140 valence electrons. The number of amides is 1. The maximum absolute atomic E-state index is 13.2. The van der Waals surface area contributed by atoms with E-state index in [1.807, 2.05) is 13.0 Å². The molecule has 1 fully saturated rings. The van der Waals surface area contributed by atoms with E-state index in [0.29, 0.717) is 28.1 Å². The molecule has 1 aliphatic rings. The topological polar surface area (TPSA) is 116 Å². The molecule has 3 aromatic rings. The number of phenols is 1. The summed E-state index contributed by atoms with van der Waals surface area (Å²) in [5, 5.41) is 10.6. The van der Waals surface area contributed by atoms with E-state index in [2.05, 4.69) is 0 Å². The monoisotopic (exact) mass is 366 g/mol. The van der Waals surface area contributed by atoms with Gasteiger partial charge in [0.2, 0.25) is 0 Å². The Morgan fingerprint density at radius 2 is 1.93 bits per heavy atom. The summed E-state index contributed by atoms with van der Waals surface area (Å²) in [5.41, 5.74) is 15.0. The number of fused-ring (bicyclic) bond motifs is 1. The Balaban J connectivity index is 2.22. The lowest BCUT2D eigenvalue weighted by atomic mass is 10.1. The number of primary amides is 1. The van der Waals surface area contributed by atoms with Crippen LogP contribution in [-0.4, -0.2) is 20.1 Å². The van der Waals surface area contributed by atoms with Crippen LogP contribution in [0, 0.1) is 13.8 Å². The van der Waals surface area contributed by atoms with E-state index < -0.39 is 5.91 Å². The summed E-state index contributed by atoms with van der Waals surface area (Å²) < 4.78 is 3.17. The summed E-state index contributed by atoms with van der Waals surface area (Å²) in [6, 6.07) is 5.19. The van der Waals surface area contributed by atoms with Crippen LogP contribution in [0.15, 0.2) is 23.0 Å². The van der Waals surface area contributed by atoms with Gasteiger partial charge in [0.15, 0.2) is 0 Å². The van der Waals surface area contributed by atoms with Crippen molar-refractivity contribution in [1.29, 1.82) is 0 Å². The first-order chi connectivity index (χ1) is 12.7. The smallest absolute Gasteiger partial charge is 0.275 e. The van der Waals surface area contributed by atoms with E-state index in [0.717, 1.165) is 24.1 Å². The molecular formula is C20H22N4O3. The molecule has 0 atom stereocenters. The number of aryl methyl sites for hydroxylation is 1. The minimum absolute atomic E-state index is 0.0869. The molecule has 2 heterocycles. The molecule has 0 radical (unpaired) electrons. The Morgan fingerprint density at radius 1 is 1.26 bits per heavy atom. The van der Waals surface area contributed by atoms with E-state index >= 15 is 0 Å². The van der Waals surface area contributed by atoms with Crippen LogP contribution in [0.4, 0.5) is 5.82 Å². The fourth-order valence-corrected chi connectivity index (χ4v) is 3.91. The Kier molecular flexibility index (Phi) is 3.59. The van der Waals surface area contributed by atoms with Crippen molar-refractivity contribution in [2.45, 2.75) is 32.6 Å². The second-order valence-electron chi connectivity index (χ2n) is 7.31. The SMILES string of the molecule is Cc1ccc(O)c(C)c1-n1c(N)c(C(N)=O)c2cc(C3CC3)n(C)c(=O)c21. The van der Waals surface area contributed by atoms with Crippen LogP contribution in [0.25, 0.3) is 16.6 Å². The number of aromatic hydroxyl groups is 1. The summed E-state index contributed by atoms with van der Waals surface area (Å²) in [5.74, 6) is -0.161. The lowest BCUT2D eigenvalue weighted by Gasteiger charge is -2.16. The van der Waals surface area contributed by atoms with Gasteiger partial charge in [-0.2, -0.15) is 0 Å². The quantitative estimate of drug-likeness (QED) is 0.659. The lowest BCUT2D eigenvalue weighted by Crippen LogP contribution is -2.22. The molecule has 0 saturated heterocycles. The van der Waals surface area contributed by atoms with Crippen molar-refractivity contribution >= 4 is 22.6 Å². The fraction of sp³-hybridized carbons (Fsp3) is 0.300. The summed E-state index contributed by atoms with van der Waals surface area (Å²) in [7, 11) is 1.73. The van der Waals surface area contributed by atoms with Gasteiger partial charge in [-0.25, -0.2) is 0 Å². The zero-order valence-electron chi connectivity index (χ0n) is 15.5. The van der Waals surface area contributed by atoms with E-state index in [-0.39, 0.29) is 22.7 Å². The van der Waals surface area contributed by atoms with Crippen LogP contribution in [0.5, 0.6) is 5.75 Å². The van der Waals surface area contributed by atoms with Gasteiger partial charge < -0.3 is 21.1 Å². The third kappa shape index (κ3) is 2.34. The normalized spacial score (nSPS) is 14.0. The van der Waals surface area contributed by atoms with Crippen LogP contribution in [0.2, 0.25) is 0 Å². The Labute approximate surface area is 155 Å². The molecule has 0 spiro atoms. The van der Waals surface area contributed by atoms with E-state index in [1.54, 1.807) is 35.2 Å². The number of rotatable bonds is 3. The number of anilines is 1. The predicted molar refractivity (Wildman–Crippen MR) is 105 cm³/mol. The van der Waals surface area contributed by atoms with Gasteiger partial charge in [-0.05, 0) is 50.3 Å². The van der Waals surface area contributed by atoms with Crippen molar-refractivity contribution in [3.05, 3.63) is 50.9 Å². The molecule has 4 rings (SSSR count). The highest BCUT2D eigenvalue weighted by Crippen LogP contribution is 2.42. The Morgan fingerprint density at radius 3 is 2.52 bits per heavy atom. The highest BCUT2D eigenvalue weighted by molar-refractivity contribution is 6.11. The maximum atomic E-state index is 13.2. The van der Waals surface area contributed by atoms with Crippen LogP contribution >= 0.6 is 0 Å². The Bertz CT molecular complexity index is 1180.